The van der Waals surface area contributed by atoms with Crippen LogP contribution in [0.3, 0.4) is 0 Å². The second-order valence-electron chi connectivity index (χ2n) is 4.04. The van der Waals surface area contributed by atoms with E-state index in [9.17, 15) is 8.78 Å². The van der Waals surface area contributed by atoms with Crippen molar-refractivity contribution < 1.29 is 13.5 Å². The summed E-state index contributed by atoms with van der Waals surface area (Å²) in [6.07, 6.45) is 0.761. The lowest BCUT2D eigenvalue weighted by molar-refractivity contribution is 0.0817. The Morgan fingerprint density at radius 1 is 1.35 bits per heavy atom. The summed E-state index contributed by atoms with van der Waals surface area (Å²) >= 11 is 0. The first-order valence-electron chi connectivity index (χ1n) is 5.81. The molecule has 1 rings (SSSR count). The maximum absolute atomic E-state index is 13.7. The Morgan fingerprint density at radius 2 is 2.06 bits per heavy atom. The molecule has 0 aromatic heterocycles. The molecule has 0 aliphatic rings. The number of ether oxygens (including phenoxy) is 1. The normalized spacial score (nSPS) is 14.6. The highest BCUT2D eigenvalue weighted by Gasteiger charge is 2.21. The van der Waals surface area contributed by atoms with Gasteiger partial charge in [-0.3, -0.25) is 0 Å². The summed E-state index contributed by atoms with van der Waals surface area (Å²) in [5, 5.41) is 3.21. The Balaban J connectivity index is 2.95. The van der Waals surface area contributed by atoms with Gasteiger partial charge in [0.05, 0.1) is 12.1 Å². The molecule has 0 aliphatic heterocycles. The highest BCUT2D eigenvalue weighted by molar-refractivity contribution is 5.23. The van der Waals surface area contributed by atoms with E-state index in [4.69, 9.17) is 4.74 Å². The van der Waals surface area contributed by atoms with Gasteiger partial charge in [-0.25, -0.2) is 8.78 Å². The van der Waals surface area contributed by atoms with Crippen LogP contribution in [-0.2, 0) is 4.74 Å². The van der Waals surface area contributed by atoms with Crippen molar-refractivity contribution in [3.05, 3.63) is 35.4 Å². The molecule has 2 atom stereocenters. The van der Waals surface area contributed by atoms with Gasteiger partial charge >= 0.3 is 0 Å². The lowest BCUT2D eigenvalue weighted by Crippen LogP contribution is -2.32. The van der Waals surface area contributed by atoms with Gasteiger partial charge in [-0.05, 0) is 26.0 Å². The topological polar surface area (TPSA) is 21.3 Å². The Bertz CT molecular complexity index is 357. The second kappa shape index (κ2) is 6.67. The Labute approximate surface area is 101 Å². The van der Waals surface area contributed by atoms with Gasteiger partial charge in [0.2, 0.25) is 0 Å². The number of rotatable bonds is 6. The quantitative estimate of drug-likeness (QED) is 0.829. The minimum Gasteiger partial charge on any atom is -0.380 e. The van der Waals surface area contributed by atoms with Gasteiger partial charge in [-0.15, -0.1) is 0 Å². The fraction of sp³-hybridized carbons (Fsp3) is 0.538. The number of benzene rings is 1. The zero-order chi connectivity index (χ0) is 12.8. The van der Waals surface area contributed by atoms with Crippen molar-refractivity contribution in [1.82, 2.24) is 5.32 Å². The minimum atomic E-state index is -0.564. The largest absolute Gasteiger partial charge is 0.380 e. The van der Waals surface area contributed by atoms with Crippen molar-refractivity contribution in [2.75, 3.05) is 13.7 Å². The summed E-state index contributed by atoms with van der Waals surface area (Å²) in [5.74, 6) is -1.10. The van der Waals surface area contributed by atoms with Gasteiger partial charge in [0.25, 0.3) is 0 Å². The summed E-state index contributed by atoms with van der Waals surface area (Å²) in [5.41, 5.74) is 0.439. The standard InChI is InChI=1S/C13H19F2NO/c1-4-7-16-13(9(2)17-3)11-6-5-10(14)8-12(11)15/h5-6,8-9,13,16H,4,7H2,1-3H3. The molecule has 0 spiro atoms. The lowest BCUT2D eigenvalue weighted by Gasteiger charge is -2.25. The Morgan fingerprint density at radius 3 is 2.59 bits per heavy atom. The van der Waals surface area contributed by atoms with Crippen molar-refractivity contribution in [2.24, 2.45) is 0 Å². The van der Waals surface area contributed by atoms with E-state index in [0.717, 1.165) is 19.0 Å². The van der Waals surface area contributed by atoms with E-state index >= 15 is 0 Å². The van der Waals surface area contributed by atoms with Gasteiger partial charge in [-0.1, -0.05) is 13.0 Å². The highest BCUT2D eigenvalue weighted by atomic mass is 19.1. The molecule has 17 heavy (non-hydrogen) atoms. The van der Waals surface area contributed by atoms with Crippen LogP contribution in [0.2, 0.25) is 0 Å². The first-order valence-corrected chi connectivity index (χ1v) is 5.81. The Kier molecular flexibility index (Phi) is 5.51. The fourth-order valence-electron chi connectivity index (χ4n) is 1.72. The zero-order valence-corrected chi connectivity index (χ0v) is 10.5. The molecule has 0 heterocycles. The molecule has 0 bridgehead atoms. The average molecular weight is 243 g/mol. The minimum absolute atomic E-state index is 0.179. The number of nitrogens with one attached hydrogen (secondary N) is 1. The summed E-state index contributed by atoms with van der Waals surface area (Å²) < 4.78 is 31.8. The molecular weight excluding hydrogens is 224 g/mol. The van der Waals surface area contributed by atoms with Crippen molar-refractivity contribution in [3.8, 4) is 0 Å². The van der Waals surface area contributed by atoms with E-state index in [2.05, 4.69) is 5.32 Å². The van der Waals surface area contributed by atoms with Gasteiger partial charge in [0.1, 0.15) is 11.6 Å². The predicted molar refractivity (Wildman–Crippen MR) is 63.9 cm³/mol. The van der Waals surface area contributed by atoms with Crippen molar-refractivity contribution in [3.63, 3.8) is 0 Å². The van der Waals surface area contributed by atoms with Crippen LogP contribution in [0, 0.1) is 11.6 Å². The fourth-order valence-corrected chi connectivity index (χ4v) is 1.72. The second-order valence-corrected chi connectivity index (χ2v) is 4.04. The molecule has 2 unspecified atom stereocenters. The smallest absolute Gasteiger partial charge is 0.130 e. The van der Waals surface area contributed by atoms with Crippen LogP contribution in [0.5, 0.6) is 0 Å². The third kappa shape index (κ3) is 3.75. The molecule has 1 N–H and O–H groups in total. The summed E-state index contributed by atoms with van der Waals surface area (Å²) in [7, 11) is 1.58. The van der Waals surface area contributed by atoms with Gasteiger partial charge < -0.3 is 10.1 Å². The third-order valence-electron chi connectivity index (χ3n) is 2.75. The summed E-state index contributed by atoms with van der Waals surface area (Å²) in [4.78, 5) is 0. The molecule has 0 saturated carbocycles. The van der Waals surface area contributed by atoms with Gasteiger partial charge in [0.15, 0.2) is 0 Å². The molecule has 1 aromatic carbocycles. The molecule has 0 aliphatic carbocycles. The molecule has 0 fully saturated rings. The van der Waals surface area contributed by atoms with Gasteiger partial charge in [-0.2, -0.15) is 0 Å². The van der Waals surface area contributed by atoms with E-state index in [1.54, 1.807) is 7.11 Å². The van der Waals surface area contributed by atoms with Crippen LogP contribution < -0.4 is 5.32 Å². The van der Waals surface area contributed by atoms with Crippen LogP contribution in [0.25, 0.3) is 0 Å². The van der Waals surface area contributed by atoms with Crippen LogP contribution >= 0.6 is 0 Å². The van der Waals surface area contributed by atoms with Crippen LogP contribution in [0.15, 0.2) is 18.2 Å². The molecule has 0 amide bonds. The maximum atomic E-state index is 13.7. The monoisotopic (exact) mass is 243 g/mol. The molecule has 2 nitrogen and oxygen atoms in total. The number of hydrogen-bond acceptors (Lipinski definition) is 2. The Hall–Kier alpha value is -1.00. The molecule has 0 radical (unpaired) electrons. The van der Waals surface area contributed by atoms with E-state index in [1.807, 2.05) is 13.8 Å². The van der Waals surface area contributed by atoms with Crippen molar-refractivity contribution in [1.29, 1.82) is 0 Å². The average Bonchev–Trinajstić information content (AvgIpc) is 2.31. The van der Waals surface area contributed by atoms with Crippen LogP contribution in [-0.4, -0.2) is 19.8 Å². The molecule has 96 valence electrons. The molecule has 1 aromatic rings. The first-order chi connectivity index (χ1) is 8.10. The van der Waals surface area contributed by atoms with E-state index in [-0.39, 0.29) is 12.1 Å². The maximum Gasteiger partial charge on any atom is 0.130 e. The van der Waals surface area contributed by atoms with Crippen molar-refractivity contribution in [2.45, 2.75) is 32.4 Å². The van der Waals surface area contributed by atoms with E-state index in [1.165, 1.54) is 12.1 Å². The number of methoxy groups -OCH3 is 1. The molecule has 4 heteroatoms. The number of halogens is 2. The van der Waals surface area contributed by atoms with E-state index < -0.39 is 11.6 Å². The summed E-state index contributed by atoms with van der Waals surface area (Å²) in [6, 6.07) is 3.37. The predicted octanol–water partition coefficient (Wildman–Crippen LogP) is 3.04. The SMILES string of the molecule is CCCNC(c1ccc(F)cc1F)C(C)OC. The third-order valence-corrected chi connectivity index (χ3v) is 2.75. The van der Waals surface area contributed by atoms with Crippen molar-refractivity contribution >= 4 is 0 Å². The lowest BCUT2D eigenvalue weighted by atomic mass is 10.0. The van der Waals surface area contributed by atoms with Crippen LogP contribution in [0.4, 0.5) is 8.78 Å². The van der Waals surface area contributed by atoms with Crippen LogP contribution in [0.1, 0.15) is 31.9 Å². The highest BCUT2D eigenvalue weighted by Crippen LogP contribution is 2.22. The molecular formula is C13H19F2NO. The molecule has 0 saturated heterocycles. The first kappa shape index (κ1) is 14.1. The van der Waals surface area contributed by atoms with Gasteiger partial charge in [0, 0.05) is 18.7 Å². The zero-order valence-electron chi connectivity index (χ0n) is 10.5. The van der Waals surface area contributed by atoms with E-state index in [0.29, 0.717) is 5.56 Å². The summed E-state index contributed by atoms with van der Waals surface area (Å²) in [6.45, 7) is 4.65. The number of hydrogen-bond donors (Lipinski definition) is 1.